The monoisotopic (exact) mass is 376 g/mol. The van der Waals surface area contributed by atoms with Gasteiger partial charge in [0.15, 0.2) is 0 Å². The molecule has 27 heavy (non-hydrogen) atoms. The lowest BCUT2D eigenvalue weighted by Crippen LogP contribution is -2.51. The molecule has 148 valence electrons. The number of rotatable bonds is 6. The fraction of sp³-hybridized carbons (Fsp3) is 0.600. The van der Waals surface area contributed by atoms with E-state index in [1.807, 2.05) is 21.9 Å². The van der Waals surface area contributed by atoms with Gasteiger partial charge < -0.3 is 24.0 Å². The fourth-order valence-electron chi connectivity index (χ4n) is 3.96. The van der Waals surface area contributed by atoms with Crippen molar-refractivity contribution in [3.05, 3.63) is 29.8 Å². The molecule has 0 aromatic heterocycles. The maximum atomic E-state index is 12.9. The van der Waals surface area contributed by atoms with Gasteiger partial charge in [-0.3, -0.25) is 9.59 Å². The molecule has 7 heteroatoms. The van der Waals surface area contributed by atoms with E-state index in [9.17, 15) is 9.59 Å². The van der Waals surface area contributed by atoms with Gasteiger partial charge >= 0.3 is 0 Å². The molecule has 0 bridgehead atoms. The minimum atomic E-state index is -0.0254. The van der Waals surface area contributed by atoms with Gasteiger partial charge in [0.25, 0.3) is 5.91 Å². The molecule has 2 saturated heterocycles. The van der Waals surface area contributed by atoms with Crippen molar-refractivity contribution in [2.45, 2.75) is 31.3 Å². The molecule has 1 aromatic rings. The number of carbonyl (C=O) groups is 2. The quantitative estimate of drug-likeness (QED) is 0.754. The zero-order valence-electron chi connectivity index (χ0n) is 16.1. The minimum absolute atomic E-state index is 0.00919. The topological polar surface area (TPSA) is 68.3 Å². The van der Waals surface area contributed by atoms with Crippen LogP contribution in [0.5, 0.6) is 5.75 Å². The molecule has 1 unspecified atom stereocenters. The van der Waals surface area contributed by atoms with Gasteiger partial charge in [0.1, 0.15) is 12.4 Å². The second-order valence-electron chi connectivity index (χ2n) is 7.00. The summed E-state index contributed by atoms with van der Waals surface area (Å²) in [6.45, 7) is 2.59. The summed E-state index contributed by atoms with van der Waals surface area (Å²) in [5.74, 6) is 0.628. The van der Waals surface area contributed by atoms with Crippen molar-refractivity contribution in [3.63, 3.8) is 0 Å². The predicted octanol–water partition coefficient (Wildman–Crippen LogP) is 1.56. The number of hydrogen-bond acceptors (Lipinski definition) is 5. The molecule has 0 spiro atoms. The van der Waals surface area contributed by atoms with Crippen LogP contribution in [-0.4, -0.2) is 80.8 Å². The Labute approximate surface area is 160 Å². The lowest BCUT2D eigenvalue weighted by molar-refractivity contribution is -0.142. The average Bonchev–Trinajstić information content (AvgIpc) is 3.18. The minimum Gasteiger partial charge on any atom is -0.497 e. The molecule has 2 aliphatic rings. The third-order valence-electron chi connectivity index (χ3n) is 5.30. The Hall–Kier alpha value is -2.12. The number of ether oxygens (including phenoxy) is 3. The summed E-state index contributed by atoms with van der Waals surface area (Å²) in [7, 11) is 3.12. The Morgan fingerprint density at radius 2 is 1.96 bits per heavy atom. The van der Waals surface area contributed by atoms with Gasteiger partial charge in [0.05, 0.1) is 13.2 Å². The fourth-order valence-corrected chi connectivity index (χ4v) is 3.96. The smallest absolute Gasteiger partial charge is 0.254 e. The second-order valence-corrected chi connectivity index (χ2v) is 7.00. The summed E-state index contributed by atoms with van der Waals surface area (Å²) in [6.07, 6.45) is 2.44. The number of amides is 2. The molecular weight excluding hydrogens is 348 g/mol. The van der Waals surface area contributed by atoms with Crippen molar-refractivity contribution in [3.8, 4) is 5.75 Å². The van der Waals surface area contributed by atoms with Gasteiger partial charge in [-0.25, -0.2) is 0 Å². The third-order valence-corrected chi connectivity index (χ3v) is 5.30. The number of carbonyl (C=O) groups excluding carboxylic acids is 2. The Kier molecular flexibility index (Phi) is 6.68. The standard InChI is InChI=1S/C20H28N2O5/c1-25-14-19(23)22(16-7-10-27-11-8-16)17-6-9-21(13-17)20(24)15-4-3-5-18(12-15)26-2/h3-5,12,16-17H,6-11,13-14H2,1-2H3. The molecule has 2 fully saturated rings. The van der Waals surface area contributed by atoms with E-state index in [-0.39, 0.29) is 30.5 Å². The van der Waals surface area contributed by atoms with Crippen LogP contribution in [-0.2, 0) is 14.3 Å². The molecule has 1 aromatic carbocycles. The van der Waals surface area contributed by atoms with Crippen molar-refractivity contribution < 1.29 is 23.8 Å². The first-order chi connectivity index (χ1) is 13.1. The first kappa shape index (κ1) is 19.6. The summed E-state index contributed by atoms with van der Waals surface area (Å²) < 4.78 is 15.7. The molecule has 0 N–H and O–H groups in total. The Morgan fingerprint density at radius 3 is 2.67 bits per heavy atom. The summed E-state index contributed by atoms with van der Waals surface area (Å²) in [5, 5.41) is 0. The van der Waals surface area contributed by atoms with Gasteiger partial charge in [0, 0.05) is 45.0 Å². The number of hydrogen-bond donors (Lipinski definition) is 0. The van der Waals surface area contributed by atoms with Crippen molar-refractivity contribution in [1.82, 2.24) is 9.80 Å². The number of methoxy groups -OCH3 is 2. The molecule has 0 radical (unpaired) electrons. The number of nitrogens with zero attached hydrogens (tertiary/aromatic N) is 2. The van der Waals surface area contributed by atoms with Crippen LogP contribution in [0.1, 0.15) is 29.6 Å². The Bertz CT molecular complexity index is 660. The van der Waals surface area contributed by atoms with E-state index in [2.05, 4.69) is 0 Å². The summed E-state index contributed by atoms with van der Waals surface area (Å²) in [5.41, 5.74) is 0.607. The molecule has 0 aliphatic carbocycles. The third kappa shape index (κ3) is 4.59. The van der Waals surface area contributed by atoms with Gasteiger partial charge in [-0.2, -0.15) is 0 Å². The van der Waals surface area contributed by atoms with Crippen LogP contribution in [0.3, 0.4) is 0 Å². The first-order valence-corrected chi connectivity index (χ1v) is 9.45. The average molecular weight is 376 g/mol. The van der Waals surface area contributed by atoms with Crippen LogP contribution in [0.2, 0.25) is 0 Å². The summed E-state index contributed by atoms with van der Waals surface area (Å²) >= 11 is 0. The molecular formula is C20H28N2O5. The van der Waals surface area contributed by atoms with Crippen molar-refractivity contribution in [2.24, 2.45) is 0 Å². The van der Waals surface area contributed by atoms with E-state index in [1.165, 1.54) is 7.11 Å². The van der Waals surface area contributed by atoms with Crippen molar-refractivity contribution in [1.29, 1.82) is 0 Å². The molecule has 2 heterocycles. The maximum Gasteiger partial charge on any atom is 0.254 e. The van der Waals surface area contributed by atoms with Crippen LogP contribution in [0.15, 0.2) is 24.3 Å². The normalized spacial score (nSPS) is 20.5. The van der Waals surface area contributed by atoms with E-state index in [0.29, 0.717) is 37.6 Å². The van der Waals surface area contributed by atoms with Crippen LogP contribution in [0, 0.1) is 0 Å². The highest BCUT2D eigenvalue weighted by Crippen LogP contribution is 2.25. The predicted molar refractivity (Wildman–Crippen MR) is 99.9 cm³/mol. The van der Waals surface area contributed by atoms with Gasteiger partial charge in [-0.1, -0.05) is 6.07 Å². The van der Waals surface area contributed by atoms with E-state index >= 15 is 0 Å². The summed E-state index contributed by atoms with van der Waals surface area (Å²) in [4.78, 5) is 29.4. The largest absolute Gasteiger partial charge is 0.497 e. The van der Waals surface area contributed by atoms with E-state index in [0.717, 1.165) is 19.3 Å². The van der Waals surface area contributed by atoms with Crippen molar-refractivity contribution >= 4 is 11.8 Å². The number of likely N-dealkylation sites (tertiary alicyclic amines) is 1. The molecule has 3 rings (SSSR count). The van der Waals surface area contributed by atoms with E-state index in [1.54, 1.807) is 19.2 Å². The van der Waals surface area contributed by atoms with Crippen LogP contribution in [0.25, 0.3) is 0 Å². The van der Waals surface area contributed by atoms with Crippen LogP contribution < -0.4 is 4.74 Å². The summed E-state index contributed by atoms with van der Waals surface area (Å²) in [6, 6.07) is 7.35. The number of benzene rings is 1. The highest BCUT2D eigenvalue weighted by atomic mass is 16.5. The lowest BCUT2D eigenvalue weighted by Gasteiger charge is -2.38. The maximum absolute atomic E-state index is 12.9. The molecule has 0 saturated carbocycles. The molecule has 7 nitrogen and oxygen atoms in total. The molecule has 2 aliphatic heterocycles. The molecule has 1 atom stereocenters. The zero-order valence-corrected chi connectivity index (χ0v) is 16.1. The SMILES string of the molecule is COCC(=O)N(C1CCOCC1)C1CCN(C(=O)c2cccc(OC)c2)C1. The van der Waals surface area contributed by atoms with Crippen molar-refractivity contribution in [2.75, 3.05) is 47.1 Å². The Morgan fingerprint density at radius 1 is 1.19 bits per heavy atom. The van der Waals surface area contributed by atoms with Gasteiger partial charge in [-0.15, -0.1) is 0 Å². The molecule has 2 amide bonds. The van der Waals surface area contributed by atoms with Gasteiger partial charge in [-0.05, 0) is 37.5 Å². The Balaban J connectivity index is 1.70. The zero-order chi connectivity index (χ0) is 19.2. The lowest BCUT2D eigenvalue weighted by atomic mass is 10.0. The highest BCUT2D eigenvalue weighted by Gasteiger charge is 2.37. The van der Waals surface area contributed by atoms with Crippen LogP contribution >= 0.6 is 0 Å². The van der Waals surface area contributed by atoms with E-state index < -0.39 is 0 Å². The van der Waals surface area contributed by atoms with Crippen LogP contribution in [0.4, 0.5) is 0 Å². The first-order valence-electron chi connectivity index (χ1n) is 9.45. The van der Waals surface area contributed by atoms with E-state index in [4.69, 9.17) is 14.2 Å². The second kappa shape index (κ2) is 9.19. The van der Waals surface area contributed by atoms with Gasteiger partial charge in [0.2, 0.25) is 5.91 Å². The highest BCUT2D eigenvalue weighted by molar-refractivity contribution is 5.95.